The third kappa shape index (κ3) is 6.30. The minimum atomic E-state index is -0.476. The van der Waals surface area contributed by atoms with Gasteiger partial charge in [-0.05, 0) is 77.0 Å². The third-order valence-corrected chi connectivity index (χ3v) is 5.28. The number of amides is 1. The summed E-state index contributed by atoms with van der Waals surface area (Å²) in [6, 6.07) is 19.5. The van der Waals surface area contributed by atoms with Gasteiger partial charge in [-0.3, -0.25) is 4.79 Å². The summed E-state index contributed by atoms with van der Waals surface area (Å²) in [4.78, 5) is 24.4. The number of hydrogen-bond donors (Lipinski definition) is 1. The van der Waals surface area contributed by atoms with E-state index in [2.05, 4.69) is 33.1 Å². The third-order valence-electron chi connectivity index (χ3n) is 4.34. The molecule has 3 rings (SSSR count). The van der Waals surface area contributed by atoms with E-state index < -0.39 is 5.97 Å². The normalized spacial score (nSPS) is 10.6. The first-order chi connectivity index (χ1) is 15.5. The van der Waals surface area contributed by atoms with Crippen LogP contribution in [0.4, 0.5) is 0 Å². The highest BCUT2D eigenvalue weighted by Gasteiger charge is 2.15. The zero-order valence-electron chi connectivity index (χ0n) is 17.5. The van der Waals surface area contributed by atoms with E-state index in [9.17, 15) is 9.59 Å². The fraction of sp³-hybridized carbons (Fsp3) is 0.125. The van der Waals surface area contributed by atoms with Crippen molar-refractivity contribution in [2.45, 2.75) is 6.92 Å². The summed E-state index contributed by atoms with van der Waals surface area (Å²) in [5.41, 5.74) is 4.47. The number of hydrogen-bond acceptors (Lipinski definition) is 6. The monoisotopic (exact) mass is 544 g/mol. The molecule has 164 valence electrons. The van der Waals surface area contributed by atoms with Gasteiger partial charge < -0.3 is 14.2 Å². The summed E-state index contributed by atoms with van der Waals surface area (Å²) in [7, 11) is 1.48. The molecule has 7 nitrogen and oxygen atoms in total. The Morgan fingerprint density at radius 2 is 1.75 bits per heavy atom. The summed E-state index contributed by atoms with van der Waals surface area (Å²) in [6.07, 6.45) is 1.46. The Morgan fingerprint density at radius 1 is 1.00 bits per heavy atom. The molecule has 3 aromatic rings. The topological polar surface area (TPSA) is 86.2 Å². The Balaban J connectivity index is 1.58. The molecular formula is C24H21IN2O5. The number of aryl methyl sites for hydroxylation is 1. The van der Waals surface area contributed by atoms with Gasteiger partial charge >= 0.3 is 5.97 Å². The van der Waals surface area contributed by atoms with Gasteiger partial charge in [-0.2, -0.15) is 5.10 Å². The van der Waals surface area contributed by atoms with Crippen LogP contribution in [0.15, 0.2) is 71.8 Å². The molecule has 0 aromatic heterocycles. The van der Waals surface area contributed by atoms with E-state index in [0.29, 0.717) is 22.6 Å². The van der Waals surface area contributed by atoms with Crippen molar-refractivity contribution >= 4 is 40.7 Å². The van der Waals surface area contributed by atoms with E-state index in [1.165, 1.54) is 13.3 Å². The number of benzene rings is 3. The maximum Gasteiger partial charge on any atom is 0.344 e. The van der Waals surface area contributed by atoms with Crippen molar-refractivity contribution in [3.8, 4) is 17.2 Å². The lowest BCUT2D eigenvalue weighted by Crippen LogP contribution is -2.24. The van der Waals surface area contributed by atoms with E-state index >= 15 is 0 Å². The maximum atomic E-state index is 12.5. The van der Waals surface area contributed by atoms with E-state index in [1.807, 2.05) is 37.3 Å². The number of halogens is 1. The first kappa shape index (κ1) is 23.3. The van der Waals surface area contributed by atoms with E-state index in [1.54, 1.807) is 36.4 Å². The number of esters is 1. The highest BCUT2D eigenvalue weighted by molar-refractivity contribution is 14.1. The fourth-order valence-corrected chi connectivity index (χ4v) is 3.31. The predicted octanol–water partition coefficient (Wildman–Crippen LogP) is 4.36. The fourth-order valence-electron chi connectivity index (χ4n) is 2.70. The number of hydrazone groups is 1. The Morgan fingerprint density at radius 3 is 2.50 bits per heavy atom. The second kappa shape index (κ2) is 11.3. The van der Waals surface area contributed by atoms with Gasteiger partial charge in [0.2, 0.25) is 0 Å². The number of ether oxygens (including phenoxy) is 3. The first-order valence-electron chi connectivity index (χ1n) is 9.63. The van der Waals surface area contributed by atoms with Crippen molar-refractivity contribution in [3.05, 3.63) is 87.0 Å². The van der Waals surface area contributed by atoms with Crippen LogP contribution >= 0.6 is 22.6 Å². The lowest BCUT2D eigenvalue weighted by molar-refractivity contribution is -0.123. The quantitative estimate of drug-likeness (QED) is 0.150. The zero-order valence-corrected chi connectivity index (χ0v) is 19.7. The molecule has 0 spiro atoms. The summed E-state index contributed by atoms with van der Waals surface area (Å²) in [6.45, 7) is 1.75. The summed E-state index contributed by atoms with van der Waals surface area (Å²) >= 11 is 2.08. The van der Waals surface area contributed by atoms with E-state index in [0.717, 1.165) is 9.13 Å². The Kier molecular flexibility index (Phi) is 8.20. The smallest absolute Gasteiger partial charge is 0.344 e. The van der Waals surface area contributed by atoms with Crippen LogP contribution in [0.25, 0.3) is 0 Å². The molecule has 0 heterocycles. The van der Waals surface area contributed by atoms with Crippen molar-refractivity contribution in [1.29, 1.82) is 0 Å². The molecule has 0 atom stereocenters. The SMILES string of the molecule is COc1cc(C=NNC(=O)COc2ccccc2C)ccc1OC(=O)c1ccccc1I. The van der Waals surface area contributed by atoms with Gasteiger partial charge in [0.1, 0.15) is 5.75 Å². The van der Waals surface area contributed by atoms with Crippen LogP contribution in [0.1, 0.15) is 21.5 Å². The molecule has 0 aliphatic heterocycles. The first-order valence-corrected chi connectivity index (χ1v) is 10.7. The number of carbonyl (C=O) groups excluding carboxylic acids is 2. The average Bonchev–Trinajstić information content (AvgIpc) is 2.79. The molecule has 0 radical (unpaired) electrons. The number of para-hydroxylation sites is 1. The molecule has 8 heteroatoms. The number of nitrogens with one attached hydrogen (secondary N) is 1. The molecule has 0 bridgehead atoms. The van der Waals surface area contributed by atoms with Crippen LogP contribution in [0, 0.1) is 10.5 Å². The van der Waals surface area contributed by atoms with Crippen molar-refractivity contribution < 1.29 is 23.8 Å². The van der Waals surface area contributed by atoms with E-state index in [4.69, 9.17) is 14.2 Å². The number of carbonyl (C=O) groups is 2. The van der Waals surface area contributed by atoms with Gasteiger partial charge in [-0.15, -0.1) is 0 Å². The molecule has 0 saturated carbocycles. The summed E-state index contributed by atoms with van der Waals surface area (Å²) in [5, 5.41) is 3.93. The molecule has 0 unspecified atom stereocenters. The van der Waals surface area contributed by atoms with E-state index in [-0.39, 0.29) is 18.3 Å². The second-order valence-corrected chi connectivity index (χ2v) is 7.79. The second-order valence-electron chi connectivity index (χ2n) is 6.63. The van der Waals surface area contributed by atoms with Crippen molar-refractivity contribution in [1.82, 2.24) is 5.43 Å². The van der Waals surface area contributed by atoms with Crippen LogP contribution in [0.3, 0.4) is 0 Å². The van der Waals surface area contributed by atoms with Crippen LogP contribution in [-0.2, 0) is 4.79 Å². The lowest BCUT2D eigenvalue weighted by atomic mass is 10.2. The van der Waals surface area contributed by atoms with Gasteiger partial charge in [-0.25, -0.2) is 10.2 Å². The molecule has 3 aromatic carbocycles. The van der Waals surface area contributed by atoms with Gasteiger partial charge in [0.05, 0.1) is 18.9 Å². The Bertz CT molecular complexity index is 1150. The lowest BCUT2D eigenvalue weighted by Gasteiger charge is -2.10. The van der Waals surface area contributed by atoms with Crippen LogP contribution in [0.2, 0.25) is 0 Å². The Hall–Kier alpha value is -3.40. The predicted molar refractivity (Wildman–Crippen MR) is 130 cm³/mol. The van der Waals surface area contributed by atoms with Crippen molar-refractivity contribution in [2.24, 2.45) is 5.10 Å². The molecule has 0 fully saturated rings. The van der Waals surface area contributed by atoms with Crippen LogP contribution < -0.4 is 19.6 Å². The molecule has 1 N–H and O–H groups in total. The standard InChI is InChI=1S/C24H21IN2O5/c1-16-7-3-6-10-20(16)31-15-23(28)27-26-14-17-11-12-21(22(13-17)30-2)32-24(29)18-8-4-5-9-19(18)25/h3-14H,15H2,1-2H3,(H,27,28). The molecular weight excluding hydrogens is 523 g/mol. The minimum Gasteiger partial charge on any atom is -0.493 e. The van der Waals surface area contributed by atoms with Crippen molar-refractivity contribution in [2.75, 3.05) is 13.7 Å². The molecule has 1 amide bonds. The number of rotatable bonds is 8. The van der Waals surface area contributed by atoms with Gasteiger partial charge in [0.25, 0.3) is 5.91 Å². The minimum absolute atomic E-state index is 0.154. The number of nitrogens with zero attached hydrogens (tertiary/aromatic N) is 1. The molecule has 0 saturated heterocycles. The zero-order chi connectivity index (χ0) is 22.9. The highest BCUT2D eigenvalue weighted by atomic mass is 127. The molecule has 32 heavy (non-hydrogen) atoms. The largest absolute Gasteiger partial charge is 0.493 e. The van der Waals surface area contributed by atoms with Crippen LogP contribution in [0.5, 0.6) is 17.2 Å². The van der Waals surface area contributed by atoms with Gasteiger partial charge in [-0.1, -0.05) is 30.3 Å². The average molecular weight is 544 g/mol. The summed E-state index contributed by atoms with van der Waals surface area (Å²) < 4.78 is 17.1. The van der Waals surface area contributed by atoms with Crippen LogP contribution in [-0.4, -0.2) is 31.8 Å². The molecule has 0 aliphatic carbocycles. The van der Waals surface area contributed by atoms with Crippen molar-refractivity contribution in [3.63, 3.8) is 0 Å². The molecule has 0 aliphatic rings. The maximum absolute atomic E-state index is 12.5. The van der Waals surface area contributed by atoms with Gasteiger partial charge in [0.15, 0.2) is 18.1 Å². The highest BCUT2D eigenvalue weighted by Crippen LogP contribution is 2.29. The Labute approximate surface area is 199 Å². The summed E-state index contributed by atoms with van der Waals surface area (Å²) in [5.74, 6) is 0.425. The number of methoxy groups -OCH3 is 1. The van der Waals surface area contributed by atoms with Gasteiger partial charge in [0, 0.05) is 3.57 Å².